The summed E-state index contributed by atoms with van der Waals surface area (Å²) < 4.78 is 13.8. The van der Waals surface area contributed by atoms with Crippen molar-refractivity contribution in [2.75, 3.05) is 29.5 Å². The van der Waals surface area contributed by atoms with Gasteiger partial charge in [-0.1, -0.05) is 11.2 Å². The monoisotopic (exact) mass is 269 g/mol. The number of thioether (sulfide) groups is 1. The number of benzene rings is 1. The molecular formula is C12H16FN3OS. The predicted molar refractivity (Wildman–Crippen MR) is 73.1 cm³/mol. The van der Waals surface area contributed by atoms with E-state index >= 15 is 0 Å². The molecule has 1 heterocycles. The van der Waals surface area contributed by atoms with E-state index in [1.807, 2.05) is 17.8 Å². The molecule has 98 valence electrons. The third kappa shape index (κ3) is 2.69. The van der Waals surface area contributed by atoms with Crippen LogP contribution in [0.1, 0.15) is 12.0 Å². The first-order chi connectivity index (χ1) is 8.74. The smallest absolute Gasteiger partial charge is 0.175 e. The Balaban J connectivity index is 2.39. The zero-order chi connectivity index (χ0) is 13.0. The van der Waals surface area contributed by atoms with Crippen LogP contribution in [0.3, 0.4) is 0 Å². The van der Waals surface area contributed by atoms with Gasteiger partial charge in [0, 0.05) is 18.8 Å². The number of anilines is 1. The van der Waals surface area contributed by atoms with Crippen LogP contribution in [0.25, 0.3) is 0 Å². The van der Waals surface area contributed by atoms with Crippen LogP contribution in [0.4, 0.5) is 10.1 Å². The minimum atomic E-state index is -0.459. The number of amidine groups is 1. The Hall–Kier alpha value is -1.43. The van der Waals surface area contributed by atoms with Crippen LogP contribution in [-0.2, 0) is 0 Å². The van der Waals surface area contributed by atoms with Crippen molar-refractivity contribution in [3.8, 4) is 0 Å². The Bertz CT molecular complexity index is 445. The molecule has 0 aromatic heterocycles. The highest BCUT2D eigenvalue weighted by Crippen LogP contribution is 2.25. The fourth-order valence-corrected chi connectivity index (χ4v) is 2.95. The van der Waals surface area contributed by atoms with Gasteiger partial charge in [-0.25, -0.2) is 4.39 Å². The van der Waals surface area contributed by atoms with Gasteiger partial charge in [0.05, 0.1) is 11.3 Å². The second kappa shape index (κ2) is 5.95. The van der Waals surface area contributed by atoms with Gasteiger partial charge < -0.3 is 15.8 Å². The van der Waals surface area contributed by atoms with E-state index in [0.29, 0.717) is 5.69 Å². The van der Waals surface area contributed by atoms with Crippen LogP contribution < -0.4 is 10.6 Å². The largest absolute Gasteiger partial charge is 0.409 e. The number of hydrogen-bond acceptors (Lipinski definition) is 4. The molecule has 0 saturated carbocycles. The highest BCUT2D eigenvalue weighted by molar-refractivity contribution is 7.99. The van der Waals surface area contributed by atoms with Crippen LogP contribution in [0.2, 0.25) is 0 Å². The van der Waals surface area contributed by atoms with Crippen molar-refractivity contribution < 1.29 is 9.60 Å². The summed E-state index contributed by atoms with van der Waals surface area (Å²) in [5.74, 6) is 1.48. The zero-order valence-electron chi connectivity index (χ0n) is 9.97. The molecular weight excluding hydrogens is 253 g/mol. The van der Waals surface area contributed by atoms with Gasteiger partial charge in [-0.2, -0.15) is 11.8 Å². The number of nitrogens with two attached hydrogens (primary N) is 1. The Morgan fingerprint density at radius 3 is 3.00 bits per heavy atom. The van der Waals surface area contributed by atoms with E-state index in [9.17, 15) is 4.39 Å². The van der Waals surface area contributed by atoms with E-state index in [-0.39, 0.29) is 11.4 Å². The Morgan fingerprint density at radius 2 is 2.22 bits per heavy atom. The zero-order valence-corrected chi connectivity index (χ0v) is 10.8. The normalized spacial score (nSPS) is 17.6. The fourth-order valence-electron chi connectivity index (χ4n) is 2.07. The standard InChI is InChI=1S/C12H16FN3OS/c13-9-3-1-4-10(11(9)12(14)15-17)16-5-2-7-18-8-6-16/h1,3-4,17H,2,5-8H2,(H2,14,15). The molecule has 1 aliphatic heterocycles. The average molecular weight is 269 g/mol. The van der Waals surface area contributed by atoms with Crippen molar-refractivity contribution in [2.24, 2.45) is 10.9 Å². The van der Waals surface area contributed by atoms with E-state index < -0.39 is 5.82 Å². The number of oxime groups is 1. The summed E-state index contributed by atoms with van der Waals surface area (Å²) in [5.41, 5.74) is 6.46. The summed E-state index contributed by atoms with van der Waals surface area (Å²) >= 11 is 1.89. The van der Waals surface area contributed by atoms with Crippen molar-refractivity contribution in [1.29, 1.82) is 0 Å². The van der Waals surface area contributed by atoms with Crippen molar-refractivity contribution in [3.63, 3.8) is 0 Å². The Morgan fingerprint density at radius 1 is 1.39 bits per heavy atom. The molecule has 1 aromatic carbocycles. The van der Waals surface area contributed by atoms with Gasteiger partial charge in [-0.3, -0.25) is 0 Å². The summed E-state index contributed by atoms with van der Waals surface area (Å²) in [6.07, 6.45) is 1.05. The molecule has 1 aromatic rings. The van der Waals surface area contributed by atoms with Crippen LogP contribution >= 0.6 is 11.8 Å². The van der Waals surface area contributed by atoms with Gasteiger partial charge in [0.15, 0.2) is 5.84 Å². The molecule has 0 bridgehead atoms. The molecule has 0 unspecified atom stereocenters. The lowest BCUT2D eigenvalue weighted by Gasteiger charge is -2.24. The van der Waals surface area contributed by atoms with Gasteiger partial charge >= 0.3 is 0 Å². The number of halogens is 1. The number of hydrogen-bond donors (Lipinski definition) is 2. The van der Waals surface area contributed by atoms with Crippen LogP contribution in [0.15, 0.2) is 23.4 Å². The molecule has 0 amide bonds. The first-order valence-electron chi connectivity index (χ1n) is 5.83. The van der Waals surface area contributed by atoms with E-state index in [1.165, 1.54) is 6.07 Å². The summed E-state index contributed by atoms with van der Waals surface area (Å²) in [5, 5.41) is 11.7. The maximum Gasteiger partial charge on any atom is 0.175 e. The summed E-state index contributed by atoms with van der Waals surface area (Å²) in [4.78, 5) is 2.09. The number of rotatable bonds is 2. The average Bonchev–Trinajstić information content (AvgIpc) is 2.66. The molecule has 3 N–H and O–H groups in total. The van der Waals surface area contributed by atoms with E-state index in [4.69, 9.17) is 10.9 Å². The molecule has 1 aliphatic rings. The second-order valence-corrected chi connectivity index (χ2v) is 5.30. The van der Waals surface area contributed by atoms with Crippen molar-refractivity contribution in [2.45, 2.75) is 6.42 Å². The summed E-state index contributed by atoms with van der Waals surface area (Å²) in [7, 11) is 0. The van der Waals surface area contributed by atoms with E-state index in [1.54, 1.807) is 6.07 Å². The molecule has 1 fully saturated rings. The van der Waals surface area contributed by atoms with Crippen LogP contribution in [-0.4, -0.2) is 35.6 Å². The first-order valence-corrected chi connectivity index (χ1v) is 6.98. The Labute approximate surface area is 110 Å². The molecule has 0 atom stereocenters. The van der Waals surface area contributed by atoms with Gasteiger partial charge in [-0.05, 0) is 24.3 Å². The van der Waals surface area contributed by atoms with Gasteiger partial charge in [0.2, 0.25) is 0 Å². The van der Waals surface area contributed by atoms with E-state index in [0.717, 1.165) is 31.0 Å². The lowest BCUT2D eigenvalue weighted by atomic mass is 10.1. The molecule has 0 aliphatic carbocycles. The molecule has 1 saturated heterocycles. The molecule has 0 spiro atoms. The minimum Gasteiger partial charge on any atom is -0.409 e. The summed E-state index contributed by atoms with van der Waals surface area (Å²) in [6.45, 7) is 1.71. The first kappa shape index (κ1) is 13.0. The second-order valence-electron chi connectivity index (χ2n) is 4.07. The lowest BCUT2D eigenvalue weighted by molar-refractivity contribution is 0.318. The maximum absolute atomic E-state index is 13.8. The van der Waals surface area contributed by atoms with Crippen molar-refractivity contribution in [1.82, 2.24) is 0 Å². The van der Waals surface area contributed by atoms with Crippen molar-refractivity contribution in [3.05, 3.63) is 29.6 Å². The third-order valence-corrected chi connectivity index (χ3v) is 3.97. The van der Waals surface area contributed by atoms with Crippen molar-refractivity contribution >= 4 is 23.3 Å². The van der Waals surface area contributed by atoms with Gasteiger partial charge in [-0.15, -0.1) is 0 Å². The summed E-state index contributed by atoms with van der Waals surface area (Å²) in [6, 6.07) is 4.78. The van der Waals surface area contributed by atoms with Crippen LogP contribution in [0, 0.1) is 5.82 Å². The highest BCUT2D eigenvalue weighted by Gasteiger charge is 2.19. The van der Waals surface area contributed by atoms with Gasteiger partial charge in [0.25, 0.3) is 0 Å². The predicted octanol–water partition coefficient (Wildman–Crippen LogP) is 1.86. The molecule has 18 heavy (non-hydrogen) atoms. The lowest BCUT2D eigenvalue weighted by Crippen LogP contribution is -2.29. The maximum atomic E-state index is 13.8. The van der Waals surface area contributed by atoms with Crippen LogP contribution in [0.5, 0.6) is 0 Å². The molecule has 4 nitrogen and oxygen atoms in total. The SMILES string of the molecule is NC(=NO)c1c(F)cccc1N1CCCSCC1. The minimum absolute atomic E-state index is 0.181. The Kier molecular flexibility index (Phi) is 4.30. The fraction of sp³-hybridized carbons (Fsp3) is 0.417. The number of nitrogens with zero attached hydrogens (tertiary/aromatic N) is 2. The molecule has 6 heteroatoms. The van der Waals surface area contributed by atoms with E-state index in [2.05, 4.69) is 10.1 Å². The topological polar surface area (TPSA) is 61.9 Å². The quantitative estimate of drug-likeness (QED) is 0.372. The molecule has 2 rings (SSSR count). The third-order valence-electron chi connectivity index (χ3n) is 2.92. The highest BCUT2D eigenvalue weighted by atomic mass is 32.2. The molecule has 0 radical (unpaired) electrons. The van der Waals surface area contributed by atoms with Gasteiger partial charge in [0.1, 0.15) is 5.82 Å².